The molecule has 6 heteroatoms. The van der Waals surface area contributed by atoms with Crippen molar-refractivity contribution in [1.82, 2.24) is 0 Å². The van der Waals surface area contributed by atoms with Gasteiger partial charge in [-0.15, -0.1) is 0 Å². The summed E-state index contributed by atoms with van der Waals surface area (Å²) in [6.45, 7) is 0.512. The second-order valence-electron chi connectivity index (χ2n) is 5.30. The summed E-state index contributed by atoms with van der Waals surface area (Å²) in [5, 5.41) is 11.2. The molecule has 1 heterocycles. The number of aryl methyl sites for hydroxylation is 1. The highest BCUT2D eigenvalue weighted by molar-refractivity contribution is 6.10. The van der Waals surface area contributed by atoms with Crippen molar-refractivity contribution < 1.29 is 14.5 Å². The molecule has 2 aromatic rings. The van der Waals surface area contributed by atoms with Crippen LogP contribution in [-0.2, 0) is 6.42 Å². The van der Waals surface area contributed by atoms with E-state index >= 15 is 0 Å². The maximum atomic E-state index is 12.9. The van der Waals surface area contributed by atoms with Gasteiger partial charge in [-0.25, -0.2) is 0 Å². The standard InChI is InChI=1S/C17H16N2O4/c1-23-15-10-4-6-12-7-5-11-18(16(12)15)17(20)13-8-2-3-9-14(13)19(21)22/h2-4,6,8-10H,5,7,11H2,1H3. The van der Waals surface area contributed by atoms with Crippen molar-refractivity contribution in [3.8, 4) is 5.75 Å². The largest absolute Gasteiger partial charge is 0.495 e. The third-order valence-electron chi connectivity index (χ3n) is 3.98. The lowest BCUT2D eigenvalue weighted by molar-refractivity contribution is -0.385. The molecule has 0 N–H and O–H groups in total. The van der Waals surface area contributed by atoms with Gasteiger partial charge in [0.25, 0.3) is 11.6 Å². The molecule has 0 bridgehead atoms. The van der Waals surface area contributed by atoms with Gasteiger partial charge >= 0.3 is 0 Å². The smallest absolute Gasteiger partial charge is 0.282 e. The molecule has 23 heavy (non-hydrogen) atoms. The van der Waals surface area contributed by atoms with E-state index in [9.17, 15) is 14.9 Å². The van der Waals surface area contributed by atoms with Crippen molar-refractivity contribution in [2.45, 2.75) is 12.8 Å². The molecule has 2 aromatic carbocycles. The van der Waals surface area contributed by atoms with Crippen molar-refractivity contribution in [2.75, 3.05) is 18.6 Å². The summed E-state index contributed by atoms with van der Waals surface area (Å²) < 4.78 is 5.38. The number of ether oxygens (including phenoxy) is 1. The first kappa shape index (κ1) is 15.0. The van der Waals surface area contributed by atoms with E-state index in [4.69, 9.17) is 4.74 Å². The predicted octanol–water partition coefficient (Wildman–Crippen LogP) is 3.20. The molecule has 0 aliphatic carbocycles. The minimum absolute atomic E-state index is 0.0938. The molecule has 0 radical (unpaired) electrons. The van der Waals surface area contributed by atoms with E-state index < -0.39 is 4.92 Å². The van der Waals surface area contributed by atoms with Crippen LogP contribution in [0.15, 0.2) is 42.5 Å². The highest BCUT2D eigenvalue weighted by Crippen LogP contribution is 2.37. The number of para-hydroxylation sites is 2. The number of hydrogen-bond acceptors (Lipinski definition) is 4. The number of carbonyl (C=O) groups is 1. The zero-order chi connectivity index (χ0) is 16.4. The topological polar surface area (TPSA) is 72.7 Å². The number of benzene rings is 2. The van der Waals surface area contributed by atoms with Crippen LogP contribution in [0.2, 0.25) is 0 Å². The van der Waals surface area contributed by atoms with Gasteiger partial charge in [-0.05, 0) is 30.5 Å². The highest BCUT2D eigenvalue weighted by Gasteiger charge is 2.30. The van der Waals surface area contributed by atoms with Crippen LogP contribution in [0.5, 0.6) is 5.75 Å². The lowest BCUT2D eigenvalue weighted by Crippen LogP contribution is -2.36. The molecular weight excluding hydrogens is 296 g/mol. The first-order valence-corrected chi connectivity index (χ1v) is 7.34. The summed E-state index contributed by atoms with van der Waals surface area (Å²) in [5.41, 5.74) is 1.64. The van der Waals surface area contributed by atoms with Crippen LogP contribution in [0, 0.1) is 10.1 Å². The van der Waals surface area contributed by atoms with Gasteiger partial charge in [0.05, 0.1) is 17.7 Å². The number of carbonyl (C=O) groups excluding carboxylic acids is 1. The maximum Gasteiger partial charge on any atom is 0.282 e. The SMILES string of the molecule is COc1cccc2c1N(C(=O)c1ccccc1[N+](=O)[O-])CCC2. The summed E-state index contributed by atoms with van der Waals surface area (Å²) in [6.07, 6.45) is 1.67. The number of nitro benzene ring substituents is 1. The van der Waals surface area contributed by atoms with Gasteiger partial charge in [0, 0.05) is 12.6 Å². The van der Waals surface area contributed by atoms with Crippen LogP contribution in [0.4, 0.5) is 11.4 Å². The van der Waals surface area contributed by atoms with Crippen LogP contribution < -0.4 is 9.64 Å². The van der Waals surface area contributed by atoms with Gasteiger partial charge in [-0.1, -0.05) is 24.3 Å². The molecule has 6 nitrogen and oxygen atoms in total. The third-order valence-corrected chi connectivity index (χ3v) is 3.98. The Morgan fingerprint density at radius 1 is 1.22 bits per heavy atom. The van der Waals surface area contributed by atoms with E-state index in [1.54, 1.807) is 30.2 Å². The molecule has 3 rings (SSSR count). The lowest BCUT2D eigenvalue weighted by atomic mass is 9.99. The number of nitro groups is 1. The second kappa shape index (κ2) is 6.08. The first-order valence-electron chi connectivity index (χ1n) is 7.34. The second-order valence-corrected chi connectivity index (χ2v) is 5.30. The molecule has 1 amide bonds. The third kappa shape index (κ3) is 2.63. The van der Waals surface area contributed by atoms with Crippen LogP contribution in [0.1, 0.15) is 22.3 Å². The number of hydrogen-bond donors (Lipinski definition) is 0. The van der Waals surface area contributed by atoms with Gasteiger partial charge in [0.15, 0.2) is 0 Å². The molecule has 1 aliphatic rings. The van der Waals surface area contributed by atoms with Crippen LogP contribution in [-0.4, -0.2) is 24.5 Å². The van der Waals surface area contributed by atoms with Crippen molar-refractivity contribution in [3.63, 3.8) is 0 Å². The lowest BCUT2D eigenvalue weighted by Gasteiger charge is -2.30. The van der Waals surface area contributed by atoms with Crippen molar-refractivity contribution >= 4 is 17.3 Å². The average Bonchev–Trinajstić information content (AvgIpc) is 2.60. The molecule has 0 saturated carbocycles. The monoisotopic (exact) mass is 312 g/mol. The number of methoxy groups -OCH3 is 1. The first-order chi connectivity index (χ1) is 11.1. The summed E-state index contributed by atoms with van der Waals surface area (Å²) in [6, 6.07) is 11.7. The van der Waals surface area contributed by atoms with Gasteiger partial charge < -0.3 is 9.64 Å². The quantitative estimate of drug-likeness (QED) is 0.644. The zero-order valence-electron chi connectivity index (χ0n) is 12.7. The van der Waals surface area contributed by atoms with Crippen molar-refractivity contribution in [2.24, 2.45) is 0 Å². The molecule has 0 unspecified atom stereocenters. The van der Waals surface area contributed by atoms with E-state index in [1.807, 2.05) is 12.1 Å². The fraction of sp³-hybridized carbons (Fsp3) is 0.235. The number of amides is 1. The van der Waals surface area contributed by atoms with Crippen molar-refractivity contribution in [3.05, 3.63) is 63.7 Å². The molecule has 0 fully saturated rings. The Bertz CT molecular complexity index is 759. The summed E-state index contributed by atoms with van der Waals surface area (Å²) in [5.74, 6) is 0.233. The van der Waals surface area contributed by atoms with Crippen LogP contribution in [0.3, 0.4) is 0 Å². The Hall–Kier alpha value is -2.89. The summed E-state index contributed by atoms with van der Waals surface area (Å²) in [4.78, 5) is 25.2. The molecule has 0 atom stereocenters. The van der Waals surface area contributed by atoms with Crippen LogP contribution in [0.25, 0.3) is 0 Å². The number of rotatable bonds is 3. The fourth-order valence-corrected chi connectivity index (χ4v) is 2.94. The van der Waals surface area contributed by atoms with E-state index in [2.05, 4.69) is 0 Å². The van der Waals surface area contributed by atoms with E-state index in [0.717, 1.165) is 18.4 Å². The molecule has 0 saturated heterocycles. The van der Waals surface area contributed by atoms with E-state index in [-0.39, 0.29) is 17.2 Å². The van der Waals surface area contributed by atoms with E-state index in [1.165, 1.54) is 12.1 Å². The highest BCUT2D eigenvalue weighted by atomic mass is 16.6. The van der Waals surface area contributed by atoms with Gasteiger partial charge in [0.2, 0.25) is 0 Å². The summed E-state index contributed by atoms with van der Waals surface area (Å²) in [7, 11) is 1.55. The summed E-state index contributed by atoms with van der Waals surface area (Å²) >= 11 is 0. The Morgan fingerprint density at radius 3 is 2.74 bits per heavy atom. The normalized spacial score (nSPS) is 13.3. The molecule has 0 aromatic heterocycles. The van der Waals surface area contributed by atoms with Crippen LogP contribution >= 0.6 is 0 Å². The Balaban J connectivity index is 2.08. The molecule has 1 aliphatic heterocycles. The van der Waals surface area contributed by atoms with Gasteiger partial charge in [0.1, 0.15) is 11.3 Å². The average molecular weight is 312 g/mol. The van der Waals surface area contributed by atoms with Gasteiger partial charge in [-0.3, -0.25) is 14.9 Å². The Morgan fingerprint density at radius 2 is 2.00 bits per heavy atom. The van der Waals surface area contributed by atoms with Crippen molar-refractivity contribution in [1.29, 1.82) is 0 Å². The minimum Gasteiger partial charge on any atom is -0.495 e. The molecule has 0 spiro atoms. The maximum absolute atomic E-state index is 12.9. The molecular formula is C17H16N2O4. The Labute approximate surface area is 133 Å². The van der Waals surface area contributed by atoms with Gasteiger partial charge in [-0.2, -0.15) is 0 Å². The Kier molecular flexibility index (Phi) is 3.97. The fourth-order valence-electron chi connectivity index (χ4n) is 2.94. The molecule has 118 valence electrons. The number of fused-ring (bicyclic) bond motifs is 1. The zero-order valence-corrected chi connectivity index (χ0v) is 12.7. The number of nitrogens with zero attached hydrogens (tertiary/aromatic N) is 2. The predicted molar refractivity (Wildman–Crippen MR) is 86.1 cm³/mol. The van der Waals surface area contributed by atoms with E-state index in [0.29, 0.717) is 18.0 Å². The minimum atomic E-state index is -0.527. The number of anilines is 1.